The average Bonchev–Trinajstić information content (AvgIpc) is 2.53. The van der Waals surface area contributed by atoms with Crippen molar-refractivity contribution < 1.29 is 24.2 Å². The van der Waals surface area contributed by atoms with Crippen molar-refractivity contribution in [3.63, 3.8) is 0 Å². The van der Waals surface area contributed by atoms with Gasteiger partial charge < -0.3 is 14.7 Å². The van der Waals surface area contributed by atoms with E-state index in [1.165, 1.54) is 4.90 Å². The zero-order valence-corrected chi connectivity index (χ0v) is 13.8. The number of esters is 1. The lowest BCUT2D eigenvalue weighted by molar-refractivity contribution is -0.161. The Morgan fingerprint density at radius 1 is 1.27 bits per heavy atom. The number of ketones is 1. The van der Waals surface area contributed by atoms with Crippen LogP contribution < -0.4 is 0 Å². The van der Waals surface area contributed by atoms with Crippen LogP contribution >= 0.6 is 0 Å². The summed E-state index contributed by atoms with van der Waals surface area (Å²) in [5.74, 6) is -1.52. The van der Waals surface area contributed by atoms with Gasteiger partial charge in [0.1, 0.15) is 6.04 Å². The summed E-state index contributed by atoms with van der Waals surface area (Å²) in [5.41, 5.74) is -0.722. The van der Waals surface area contributed by atoms with E-state index in [9.17, 15) is 14.4 Å². The Kier molecular flexibility index (Phi) is 7.00. The lowest BCUT2D eigenvalue weighted by atomic mass is 9.84. The summed E-state index contributed by atoms with van der Waals surface area (Å²) in [7, 11) is 0. The maximum absolute atomic E-state index is 12.5. The molecule has 6 nitrogen and oxygen atoms in total. The molecule has 0 saturated carbocycles. The minimum atomic E-state index is -0.722. The fourth-order valence-corrected chi connectivity index (χ4v) is 2.33. The van der Waals surface area contributed by atoms with Gasteiger partial charge in [-0.2, -0.15) is 0 Å². The first-order valence-electron chi connectivity index (χ1n) is 7.98. The molecular weight excluding hydrogens is 286 g/mol. The van der Waals surface area contributed by atoms with E-state index in [1.54, 1.807) is 13.8 Å². The summed E-state index contributed by atoms with van der Waals surface area (Å²) in [6.45, 7) is 5.83. The average molecular weight is 313 g/mol. The Bertz CT molecular complexity index is 419. The lowest BCUT2D eigenvalue weighted by Gasteiger charge is -2.35. The highest BCUT2D eigenvalue weighted by molar-refractivity contribution is 6.38. The molecule has 22 heavy (non-hydrogen) atoms. The van der Waals surface area contributed by atoms with Crippen LogP contribution in [0, 0.1) is 5.41 Å². The number of rotatable bonds is 7. The molecule has 0 bridgehead atoms. The first-order valence-corrected chi connectivity index (χ1v) is 7.98. The topological polar surface area (TPSA) is 83.9 Å². The summed E-state index contributed by atoms with van der Waals surface area (Å²) in [4.78, 5) is 38.3. The lowest BCUT2D eigenvalue weighted by Crippen LogP contribution is -2.53. The largest absolute Gasteiger partial charge is 0.464 e. The number of Topliss-reactive ketones (excluding diaryl/α,β-unsaturated/α-hetero) is 1. The number of aliphatic hydroxyl groups is 1. The molecule has 126 valence electrons. The molecule has 0 aromatic rings. The molecule has 6 heteroatoms. The van der Waals surface area contributed by atoms with E-state index in [0.29, 0.717) is 25.8 Å². The van der Waals surface area contributed by atoms with E-state index in [2.05, 4.69) is 0 Å². The Morgan fingerprint density at radius 3 is 2.55 bits per heavy atom. The molecular formula is C16H27NO5. The Labute approximate surface area is 131 Å². The molecule has 0 radical (unpaired) electrons. The Hall–Kier alpha value is -1.43. The van der Waals surface area contributed by atoms with Gasteiger partial charge >= 0.3 is 5.97 Å². The van der Waals surface area contributed by atoms with Gasteiger partial charge in [0.25, 0.3) is 5.91 Å². The third kappa shape index (κ3) is 4.53. The molecule has 1 atom stereocenters. The fraction of sp³-hybridized carbons (Fsp3) is 0.812. The minimum absolute atomic E-state index is 0.0518. The molecule has 1 amide bonds. The highest BCUT2D eigenvalue weighted by Gasteiger charge is 2.40. The van der Waals surface area contributed by atoms with Crippen molar-refractivity contribution >= 4 is 17.7 Å². The second-order valence-corrected chi connectivity index (χ2v) is 6.32. The van der Waals surface area contributed by atoms with Crippen molar-refractivity contribution in [2.45, 2.75) is 58.9 Å². The molecule has 1 rings (SSSR count). The van der Waals surface area contributed by atoms with Crippen LogP contribution in [0.25, 0.3) is 0 Å². The predicted octanol–water partition coefficient (Wildman–Crippen LogP) is 1.30. The molecule has 1 aliphatic heterocycles. The zero-order chi connectivity index (χ0) is 16.8. The number of piperidine rings is 1. The van der Waals surface area contributed by atoms with E-state index in [1.807, 2.05) is 6.92 Å². The van der Waals surface area contributed by atoms with E-state index >= 15 is 0 Å². The maximum atomic E-state index is 12.5. The van der Waals surface area contributed by atoms with Crippen LogP contribution in [0.5, 0.6) is 0 Å². The molecule has 1 unspecified atom stereocenters. The van der Waals surface area contributed by atoms with E-state index in [-0.39, 0.29) is 13.2 Å². The molecule has 0 aromatic heterocycles. The molecule has 0 spiro atoms. The van der Waals surface area contributed by atoms with Gasteiger partial charge in [-0.15, -0.1) is 0 Å². The molecule has 1 heterocycles. The van der Waals surface area contributed by atoms with Crippen molar-refractivity contribution in [2.24, 2.45) is 5.41 Å². The molecule has 0 aliphatic carbocycles. The van der Waals surface area contributed by atoms with E-state index < -0.39 is 29.1 Å². The van der Waals surface area contributed by atoms with Crippen LogP contribution in [0.2, 0.25) is 0 Å². The van der Waals surface area contributed by atoms with Gasteiger partial charge in [0.05, 0.1) is 6.61 Å². The Balaban J connectivity index is 2.78. The number of ether oxygens (including phenoxy) is 1. The van der Waals surface area contributed by atoms with Gasteiger partial charge in [-0.1, -0.05) is 20.8 Å². The van der Waals surface area contributed by atoms with Gasteiger partial charge in [0, 0.05) is 25.0 Å². The number of carbonyl (C=O) groups excluding carboxylic acids is 3. The van der Waals surface area contributed by atoms with Crippen LogP contribution in [0.15, 0.2) is 0 Å². The molecule has 1 fully saturated rings. The van der Waals surface area contributed by atoms with Crippen molar-refractivity contribution in [1.29, 1.82) is 0 Å². The summed E-state index contributed by atoms with van der Waals surface area (Å²) in [6, 6.07) is -0.684. The summed E-state index contributed by atoms with van der Waals surface area (Å²) in [5, 5.41) is 8.72. The van der Waals surface area contributed by atoms with Crippen molar-refractivity contribution in [3.8, 4) is 0 Å². The zero-order valence-electron chi connectivity index (χ0n) is 13.8. The second-order valence-electron chi connectivity index (χ2n) is 6.32. The minimum Gasteiger partial charge on any atom is -0.464 e. The summed E-state index contributed by atoms with van der Waals surface area (Å²) in [6.07, 6.45) is 3.07. The number of aliphatic hydroxyl groups excluding tert-OH is 1. The van der Waals surface area contributed by atoms with Crippen LogP contribution in [0.3, 0.4) is 0 Å². The van der Waals surface area contributed by atoms with Crippen LogP contribution in [0.1, 0.15) is 52.9 Å². The van der Waals surface area contributed by atoms with Crippen LogP contribution in [-0.4, -0.2) is 53.5 Å². The number of likely N-dealkylation sites (tertiary alicyclic amines) is 1. The third-order valence-corrected chi connectivity index (χ3v) is 4.28. The second kappa shape index (κ2) is 8.27. The van der Waals surface area contributed by atoms with Gasteiger partial charge in [-0.25, -0.2) is 4.79 Å². The van der Waals surface area contributed by atoms with Crippen molar-refractivity contribution in [2.75, 3.05) is 19.8 Å². The normalized spacial score (nSPS) is 18.9. The first-order chi connectivity index (χ1) is 10.3. The summed E-state index contributed by atoms with van der Waals surface area (Å²) >= 11 is 0. The molecule has 1 saturated heterocycles. The van der Waals surface area contributed by atoms with Gasteiger partial charge in [0.15, 0.2) is 0 Å². The maximum Gasteiger partial charge on any atom is 0.328 e. The van der Waals surface area contributed by atoms with Crippen molar-refractivity contribution in [3.05, 3.63) is 0 Å². The van der Waals surface area contributed by atoms with Crippen LogP contribution in [-0.2, 0) is 19.1 Å². The SMILES string of the molecule is CCC(C)(C)C(=O)C(=O)N1CCCCC1C(=O)OCCCO. The highest BCUT2D eigenvalue weighted by atomic mass is 16.5. The standard InChI is InChI=1S/C16H27NO5/c1-4-16(2,3)13(19)14(20)17-9-6-5-8-12(17)15(21)22-11-7-10-18/h12,18H,4-11H2,1-3H3. The third-order valence-electron chi connectivity index (χ3n) is 4.28. The fourth-order valence-electron chi connectivity index (χ4n) is 2.33. The molecule has 1 aliphatic rings. The first kappa shape index (κ1) is 18.6. The summed E-state index contributed by atoms with van der Waals surface area (Å²) < 4.78 is 5.09. The van der Waals surface area contributed by atoms with E-state index in [4.69, 9.17) is 9.84 Å². The quantitative estimate of drug-likeness (QED) is 0.435. The highest BCUT2D eigenvalue weighted by Crippen LogP contribution is 2.25. The number of hydrogen-bond donors (Lipinski definition) is 1. The molecule has 0 aromatic carbocycles. The number of amides is 1. The smallest absolute Gasteiger partial charge is 0.328 e. The van der Waals surface area contributed by atoms with Gasteiger partial charge in [-0.05, 0) is 25.7 Å². The van der Waals surface area contributed by atoms with Gasteiger partial charge in [-0.3, -0.25) is 9.59 Å². The van der Waals surface area contributed by atoms with Crippen LogP contribution in [0.4, 0.5) is 0 Å². The van der Waals surface area contributed by atoms with Crippen molar-refractivity contribution in [1.82, 2.24) is 4.90 Å². The Morgan fingerprint density at radius 2 is 1.95 bits per heavy atom. The monoisotopic (exact) mass is 313 g/mol. The number of nitrogens with zero attached hydrogens (tertiary/aromatic N) is 1. The predicted molar refractivity (Wildman–Crippen MR) is 81.1 cm³/mol. The number of carbonyl (C=O) groups is 3. The van der Waals surface area contributed by atoms with E-state index in [0.717, 1.165) is 12.8 Å². The van der Waals surface area contributed by atoms with Gasteiger partial charge in [0.2, 0.25) is 5.78 Å². The molecule has 1 N–H and O–H groups in total. The number of hydrogen-bond acceptors (Lipinski definition) is 5.